The second-order valence-corrected chi connectivity index (χ2v) is 7.31. The largest absolute Gasteiger partial charge is 0.491 e. The standard InChI is InChI=1S/C16H14ClNO4S/c17-13-3-7-16(8-4-13)23(20,21)11-14(19)10-22-15-5-1-12(9-18)2-6-15/h1-8,14,19H,10-11H2. The average Bonchev–Trinajstić information content (AvgIpc) is 2.53. The van der Waals surface area contributed by atoms with Gasteiger partial charge in [0.2, 0.25) is 0 Å². The molecule has 2 aromatic carbocycles. The molecule has 23 heavy (non-hydrogen) atoms. The third-order valence-electron chi connectivity index (χ3n) is 3.01. The summed E-state index contributed by atoms with van der Waals surface area (Å²) in [5.41, 5.74) is 0.489. The van der Waals surface area contributed by atoms with Crippen LogP contribution >= 0.6 is 11.6 Å². The predicted octanol–water partition coefficient (Wildman–Crippen LogP) is 2.43. The molecule has 0 aliphatic rings. The van der Waals surface area contributed by atoms with Crippen LogP contribution in [-0.4, -0.2) is 32.0 Å². The first kappa shape index (κ1) is 17.3. The minimum Gasteiger partial charge on any atom is -0.491 e. The van der Waals surface area contributed by atoms with Gasteiger partial charge < -0.3 is 9.84 Å². The number of sulfone groups is 1. The molecule has 0 aliphatic carbocycles. The third-order valence-corrected chi connectivity index (χ3v) is 5.08. The van der Waals surface area contributed by atoms with Crippen LogP contribution in [0.5, 0.6) is 5.75 Å². The molecule has 0 aliphatic heterocycles. The van der Waals surface area contributed by atoms with Gasteiger partial charge in [-0.15, -0.1) is 0 Å². The molecule has 1 N–H and O–H groups in total. The lowest BCUT2D eigenvalue weighted by Crippen LogP contribution is -2.27. The molecule has 0 fully saturated rings. The van der Waals surface area contributed by atoms with Crippen molar-refractivity contribution in [3.8, 4) is 11.8 Å². The lowest BCUT2D eigenvalue weighted by molar-refractivity contribution is 0.125. The number of nitriles is 1. The van der Waals surface area contributed by atoms with Gasteiger partial charge in [0, 0.05) is 5.02 Å². The fraction of sp³-hybridized carbons (Fsp3) is 0.188. The number of ether oxygens (including phenoxy) is 1. The minimum atomic E-state index is -3.62. The van der Waals surface area contributed by atoms with Crippen molar-refractivity contribution < 1.29 is 18.3 Å². The topological polar surface area (TPSA) is 87.4 Å². The zero-order valence-electron chi connectivity index (χ0n) is 12.0. The van der Waals surface area contributed by atoms with E-state index in [1.165, 1.54) is 24.3 Å². The van der Waals surface area contributed by atoms with E-state index in [-0.39, 0.29) is 11.5 Å². The number of hydrogen-bond donors (Lipinski definition) is 1. The predicted molar refractivity (Wildman–Crippen MR) is 86.2 cm³/mol. The van der Waals surface area contributed by atoms with Gasteiger partial charge in [0.15, 0.2) is 9.84 Å². The molecule has 1 atom stereocenters. The van der Waals surface area contributed by atoms with E-state index in [0.29, 0.717) is 16.3 Å². The Balaban J connectivity index is 1.94. The van der Waals surface area contributed by atoms with E-state index < -0.39 is 21.7 Å². The number of rotatable bonds is 6. The molecule has 2 rings (SSSR count). The Morgan fingerprint density at radius 3 is 2.30 bits per heavy atom. The van der Waals surface area contributed by atoms with Crippen molar-refractivity contribution in [3.05, 3.63) is 59.1 Å². The second kappa shape index (κ2) is 7.47. The summed E-state index contributed by atoms with van der Waals surface area (Å²) in [6, 6.07) is 14.0. The molecule has 2 aromatic rings. The van der Waals surface area contributed by atoms with Gasteiger partial charge in [-0.25, -0.2) is 8.42 Å². The van der Waals surface area contributed by atoms with Crippen molar-refractivity contribution in [2.24, 2.45) is 0 Å². The van der Waals surface area contributed by atoms with E-state index in [2.05, 4.69) is 0 Å². The molecule has 0 amide bonds. The van der Waals surface area contributed by atoms with Crippen LogP contribution in [0, 0.1) is 11.3 Å². The van der Waals surface area contributed by atoms with Gasteiger partial charge in [-0.2, -0.15) is 5.26 Å². The lowest BCUT2D eigenvalue weighted by Gasteiger charge is -2.13. The van der Waals surface area contributed by atoms with Gasteiger partial charge in [-0.3, -0.25) is 0 Å². The maximum Gasteiger partial charge on any atom is 0.181 e. The smallest absolute Gasteiger partial charge is 0.181 e. The van der Waals surface area contributed by atoms with Crippen LogP contribution in [0.25, 0.3) is 0 Å². The highest BCUT2D eigenvalue weighted by molar-refractivity contribution is 7.91. The zero-order chi connectivity index (χ0) is 16.9. The van der Waals surface area contributed by atoms with Gasteiger partial charge in [0.05, 0.1) is 22.3 Å². The van der Waals surface area contributed by atoms with Crippen LogP contribution < -0.4 is 4.74 Å². The molecular weight excluding hydrogens is 338 g/mol. The maximum atomic E-state index is 12.2. The molecule has 1 unspecified atom stereocenters. The van der Waals surface area contributed by atoms with Gasteiger partial charge >= 0.3 is 0 Å². The monoisotopic (exact) mass is 351 g/mol. The minimum absolute atomic E-state index is 0.0966. The highest BCUT2D eigenvalue weighted by atomic mass is 35.5. The fourth-order valence-electron chi connectivity index (χ4n) is 1.86. The Bertz CT molecular complexity index is 795. The molecule has 0 spiro atoms. The van der Waals surface area contributed by atoms with Gasteiger partial charge in [-0.1, -0.05) is 11.6 Å². The van der Waals surface area contributed by atoms with Crippen LogP contribution in [0.15, 0.2) is 53.4 Å². The molecule has 5 nitrogen and oxygen atoms in total. The Kier molecular flexibility index (Phi) is 5.61. The summed E-state index contributed by atoms with van der Waals surface area (Å²) in [4.78, 5) is 0.0966. The van der Waals surface area contributed by atoms with Crippen LogP contribution in [0.4, 0.5) is 0 Å². The number of halogens is 1. The average molecular weight is 352 g/mol. The zero-order valence-corrected chi connectivity index (χ0v) is 13.6. The van der Waals surface area contributed by atoms with Gasteiger partial charge in [0.1, 0.15) is 18.5 Å². The van der Waals surface area contributed by atoms with Crippen molar-refractivity contribution in [3.63, 3.8) is 0 Å². The first-order chi connectivity index (χ1) is 10.9. The van der Waals surface area contributed by atoms with E-state index in [4.69, 9.17) is 21.6 Å². The second-order valence-electron chi connectivity index (χ2n) is 4.84. The van der Waals surface area contributed by atoms with Gasteiger partial charge in [-0.05, 0) is 48.5 Å². The molecule has 120 valence electrons. The fourth-order valence-corrected chi connectivity index (χ4v) is 3.33. The van der Waals surface area contributed by atoms with E-state index in [1.807, 2.05) is 6.07 Å². The van der Waals surface area contributed by atoms with Crippen molar-refractivity contribution >= 4 is 21.4 Å². The number of aliphatic hydroxyl groups is 1. The summed E-state index contributed by atoms with van der Waals surface area (Å²) in [6.07, 6.45) is -1.17. The first-order valence-electron chi connectivity index (χ1n) is 6.70. The van der Waals surface area contributed by atoms with Crippen molar-refractivity contribution in [2.45, 2.75) is 11.0 Å². The summed E-state index contributed by atoms with van der Waals surface area (Å²) < 4.78 is 29.6. The number of aliphatic hydroxyl groups excluding tert-OH is 1. The van der Waals surface area contributed by atoms with Crippen molar-refractivity contribution in [1.82, 2.24) is 0 Å². The van der Waals surface area contributed by atoms with E-state index in [0.717, 1.165) is 0 Å². The van der Waals surface area contributed by atoms with Crippen molar-refractivity contribution in [1.29, 1.82) is 5.26 Å². The number of nitrogens with zero attached hydrogens (tertiary/aromatic N) is 1. The highest BCUT2D eigenvalue weighted by Crippen LogP contribution is 2.17. The molecular formula is C16H14ClNO4S. The van der Waals surface area contributed by atoms with Crippen LogP contribution in [-0.2, 0) is 9.84 Å². The Labute approximate surface area is 139 Å². The Morgan fingerprint density at radius 2 is 1.74 bits per heavy atom. The normalized spacial score (nSPS) is 12.4. The van der Waals surface area contributed by atoms with E-state index >= 15 is 0 Å². The molecule has 7 heteroatoms. The number of hydrogen-bond acceptors (Lipinski definition) is 5. The summed E-state index contributed by atoms with van der Waals surface area (Å²) in [6.45, 7) is -0.168. The SMILES string of the molecule is N#Cc1ccc(OCC(O)CS(=O)(=O)c2ccc(Cl)cc2)cc1. The highest BCUT2D eigenvalue weighted by Gasteiger charge is 2.20. The summed E-state index contributed by atoms with van der Waals surface area (Å²) >= 11 is 5.72. The third kappa shape index (κ3) is 4.96. The number of benzene rings is 2. The quantitative estimate of drug-likeness (QED) is 0.863. The van der Waals surface area contributed by atoms with Crippen LogP contribution in [0.3, 0.4) is 0 Å². The Hall–Kier alpha value is -2.07. The van der Waals surface area contributed by atoms with Crippen LogP contribution in [0.1, 0.15) is 5.56 Å². The summed E-state index contributed by atoms with van der Waals surface area (Å²) in [5, 5.41) is 19.0. The Morgan fingerprint density at radius 1 is 1.13 bits per heavy atom. The lowest BCUT2D eigenvalue weighted by atomic mass is 10.2. The summed E-state index contributed by atoms with van der Waals surface area (Å²) in [7, 11) is -3.62. The molecule has 0 aromatic heterocycles. The maximum absolute atomic E-state index is 12.2. The van der Waals surface area contributed by atoms with E-state index in [1.54, 1.807) is 24.3 Å². The summed E-state index contributed by atoms with van der Waals surface area (Å²) in [5.74, 6) is -0.00259. The van der Waals surface area contributed by atoms with E-state index in [9.17, 15) is 13.5 Å². The van der Waals surface area contributed by atoms with Gasteiger partial charge in [0.25, 0.3) is 0 Å². The molecule has 0 radical (unpaired) electrons. The molecule has 0 bridgehead atoms. The molecule has 0 heterocycles. The first-order valence-corrected chi connectivity index (χ1v) is 8.73. The molecule has 0 saturated carbocycles. The van der Waals surface area contributed by atoms with Crippen molar-refractivity contribution in [2.75, 3.05) is 12.4 Å². The molecule has 0 saturated heterocycles. The van der Waals surface area contributed by atoms with Crippen LogP contribution in [0.2, 0.25) is 5.02 Å².